The van der Waals surface area contributed by atoms with Crippen LogP contribution in [0.15, 0.2) is 11.8 Å². The molecule has 0 bridgehead atoms. The van der Waals surface area contributed by atoms with Crippen molar-refractivity contribution in [3.05, 3.63) is 11.8 Å². The molecule has 0 spiro atoms. The van der Waals surface area contributed by atoms with Crippen molar-refractivity contribution < 1.29 is 15.0 Å². The summed E-state index contributed by atoms with van der Waals surface area (Å²) >= 11 is 0. The van der Waals surface area contributed by atoms with Gasteiger partial charge >= 0.3 is 5.97 Å². The van der Waals surface area contributed by atoms with Crippen LogP contribution in [0.5, 0.6) is 0 Å². The fraction of sp³-hybridized carbons (Fsp3) is 0.812. The Morgan fingerprint density at radius 2 is 1.21 bits per heavy atom. The van der Waals surface area contributed by atoms with Crippen molar-refractivity contribution in [3.63, 3.8) is 0 Å². The predicted molar refractivity (Wildman–Crippen MR) is 79.4 cm³/mol. The molecule has 0 atom stereocenters. The molecule has 19 heavy (non-hydrogen) atoms. The van der Waals surface area contributed by atoms with Gasteiger partial charge in [0.2, 0.25) is 0 Å². The predicted octanol–water partition coefficient (Wildman–Crippen LogP) is 5.21. The van der Waals surface area contributed by atoms with Crippen LogP contribution in [0.25, 0.3) is 0 Å². The summed E-state index contributed by atoms with van der Waals surface area (Å²) in [7, 11) is 0. The zero-order valence-corrected chi connectivity index (χ0v) is 12.4. The number of unbranched alkanes of at least 4 members (excludes halogenated alkanes) is 10. The van der Waals surface area contributed by atoms with Crippen LogP contribution in [0.4, 0.5) is 0 Å². The minimum absolute atomic E-state index is 0.0107. The monoisotopic (exact) mass is 270 g/mol. The van der Waals surface area contributed by atoms with E-state index in [9.17, 15) is 9.90 Å². The van der Waals surface area contributed by atoms with Crippen LogP contribution in [0.2, 0.25) is 0 Å². The first-order chi connectivity index (χ1) is 9.16. The van der Waals surface area contributed by atoms with Crippen LogP contribution in [0.3, 0.4) is 0 Å². The Morgan fingerprint density at radius 1 is 0.789 bits per heavy atom. The van der Waals surface area contributed by atoms with Gasteiger partial charge in [-0.3, -0.25) is 0 Å². The van der Waals surface area contributed by atoms with Gasteiger partial charge in [0, 0.05) is 6.42 Å². The summed E-state index contributed by atoms with van der Waals surface area (Å²) in [5, 5.41) is 17.7. The Hall–Kier alpha value is -0.990. The van der Waals surface area contributed by atoms with Gasteiger partial charge in [0.1, 0.15) is 0 Å². The summed E-state index contributed by atoms with van der Waals surface area (Å²) in [5.41, 5.74) is 0. The molecule has 0 unspecified atom stereocenters. The van der Waals surface area contributed by atoms with E-state index in [-0.39, 0.29) is 5.76 Å². The quantitative estimate of drug-likeness (QED) is 0.274. The van der Waals surface area contributed by atoms with Gasteiger partial charge in [-0.15, -0.1) is 0 Å². The lowest BCUT2D eigenvalue weighted by molar-refractivity contribution is -0.131. The molecular weight excluding hydrogens is 240 g/mol. The van der Waals surface area contributed by atoms with Gasteiger partial charge in [0.25, 0.3) is 0 Å². The van der Waals surface area contributed by atoms with Gasteiger partial charge in [-0.1, -0.05) is 71.1 Å². The number of aliphatic hydroxyl groups excluding tert-OH is 1. The lowest BCUT2D eigenvalue weighted by atomic mass is 10.0. The van der Waals surface area contributed by atoms with Gasteiger partial charge in [0.05, 0.1) is 11.8 Å². The van der Waals surface area contributed by atoms with Crippen molar-refractivity contribution in [1.82, 2.24) is 0 Å². The molecule has 3 heteroatoms. The van der Waals surface area contributed by atoms with Crippen LogP contribution in [-0.2, 0) is 4.79 Å². The second kappa shape index (κ2) is 13.4. The van der Waals surface area contributed by atoms with E-state index in [1.807, 2.05) is 0 Å². The van der Waals surface area contributed by atoms with Crippen LogP contribution < -0.4 is 0 Å². The molecule has 2 N–H and O–H groups in total. The van der Waals surface area contributed by atoms with Crippen molar-refractivity contribution in [1.29, 1.82) is 0 Å². The zero-order chi connectivity index (χ0) is 14.3. The number of carboxylic acid groups (broad SMARTS) is 1. The van der Waals surface area contributed by atoms with Crippen molar-refractivity contribution >= 4 is 5.97 Å². The lowest BCUT2D eigenvalue weighted by Gasteiger charge is -2.02. The first-order valence-corrected chi connectivity index (χ1v) is 7.79. The minimum atomic E-state index is -1.07. The van der Waals surface area contributed by atoms with E-state index >= 15 is 0 Å². The summed E-state index contributed by atoms with van der Waals surface area (Å²) < 4.78 is 0. The van der Waals surface area contributed by atoms with E-state index in [1.165, 1.54) is 57.8 Å². The normalized spacial score (nSPS) is 11.7. The average Bonchev–Trinajstić information content (AvgIpc) is 2.35. The highest BCUT2D eigenvalue weighted by atomic mass is 16.4. The molecule has 112 valence electrons. The third kappa shape index (κ3) is 15.0. The number of aliphatic hydroxyl groups is 1. The number of hydrogen-bond donors (Lipinski definition) is 2. The van der Waals surface area contributed by atoms with Gasteiger partial charge < -0.3 is 10.2 Å². The smallest absolute Gasteiger partial charge is 0.331 e. The molecule has 0 saturated heterocycles. The zero-order valence-electron chi connectivity index (χ0n) is 12.4. The average molecular weight is 270 g/mol. The summed E-state index contributed by atoms with van der Waals surface area (Å²) in [5.74, 6) is -1.08. The molecule has 0 aromatic rings. The molecule has 0 aliphatic rings. The molecule has 0 radical (unpaired) electrons. The third-order valence-electron chi connectivity index (χ3n) is 3.33. The number of carboxylic acids is 1. The van der Waals surface area contributed by atoms with E-state index in [1.54, 1.807) is 0 Å². The summed E-state index contributed by atoms with van der Waals surface area (Å²) in [6, 6.07) is 0. The highest BCUT2D eigenvalue weighted by Gasteiger charge is 1.98. The fourth-order valence-corrected chi connectivity index (χ4v) is 2.19. The van der Waals surface area contributed by atoms with Gasteiger partial charge in [-0.25, -0.2) is 4.79 Å². The van der Waals surface area contributed by atoms with Gasteiger partial charge in [-0.2, -0.15) is 0 Å². The SMILES string of the molecule is CCCCCCCCCCCCCC(O)=CC(=O)O. The highest BCUT2D eigenvalue weighted by Crippen LogP contribution is 2.13. The second-order valence-corrected chi connectivity index (χ2v) is 5.26. The maximum Gasteiger partial charge on any atom is 0.331 e. The van der Waals surface area contributed by atoms with Crippen LogP contribution in [0.1, 0.15) is 84.0 Å². The Bertz CT molecular complexity index is 246. The Kier molecular flexibility index (Phi) is 12.7. The maximum absolute atomic E-state index is 10.3. The topological polar surface area (TPSA) is 57.5 Å². The molecule has 0 fully saturated rings. The number of carbonyl (C=O) groups is 1. The van der Waals surface area contributed by atoms with Crippen molar-refractivity contribution in [3.8, 4) is 0 Å². The first-order valence-electron chi connectivity index (χ1n) is 7.79. The number of rotatable bonds is 13. The number of hydrogen-bond acceptors (Lipinski definition) is 2. The Balaban J connectivity index is 3.17. The van der Waals surface area contributed by atoms with E-state index in [4.69, 9.17) is 5.11 Å². The van der Waals surface area contributed by atoms with E-state index in [0.29, 0.717) is 6.42 Å². The third-order valence-corrected chi connectivity index (χ3v) is 3.33. The molecule has 0 heterocycles. The second-order valence-electron chi connectivity index (χ2n) is 5.26. The van der Waals surface area contributed by atoms with Crippen molar-refractivity contribution in [2.75, 3.05) is 0 Å². The van der Waals surface area contributed by atoms with Gasteiger partial charge in [-0.05, 0) is 6.42 Å². The Morgan fingerprint density at radius 3 is 1.63 bits per heavy atom. The van der Waals surface area contributed by atoms with E-state index in [0.717, 1.165) is 18.9 Å². The standard InChI is InChI=1S/C16H30O3/c1-2-3-4-5-6-7-8-9-10-11-12-13-15(17)14-16(18)19/h14,17H,2-13H2,1H3,(H,18,19). The fourth-order valence-electron chi connectivity index (χ4n) is 2.19. The molecule has 0 aromatic carbocycles. The molecule has 0 aliphatic carbocycles. The minimum Gasteiger partial charge on any atom is -0.512 e. The van der Waals surface area contributed by atoms with Crippen LogP contribution in [0, 0.1) is 0 Å². The van der Waals surface area contributed by atoms with Crippen LogP contribution in [-0.4, -0.2) is 16.2 Å². The van der Waals surface area contributed by atoms with E-state index in [2.05, 4.69) is 6.92 Å². The molecule has 3 nitrogen and oxygen atoms in total. The van der Waals surface area contributed by atoms with Crippen molar-refractivity contribution in [2.24, 2.45) is 0 Å². The first kappa shape index (κ1) is 18.0. The summed E-state index contributed by atoms with van der Waals surface area (Å²) in [6.07, 6.45) is 15.2. The maximum atomic E-state index is 10.3. The molecular formula is C16H30O3. The molecule has 0 aromatic heterocycles. The largest absolute Gasteiger partial charge is 0.512 e. The highest BCUT2D eigenvalue weighted by molar-refractivity contribution is 5.80. The number of allylic oxidation sites excluding steroid dienone is 1. The van der Waals surface area contributed by atoms with Crippen LogP contribution >= 0.6 is 0 Å². The molecule has 0 saturated carbocycles. The van der Waals surface area contributed by atoms with Crippen molar-refractivity contribution in [2.45, 2.75) is 84.0 Å². The molecule has 0 aliphatic heterocycles. The number of aliphatic carboxylic acids is 1. The summed E-state index contributed by atoms with van der Waals surface area (Å²) in [6.45, 7) is 2.24. The summed E-state index contributed by atoms with van der Waals surface area (Å²) in [4.78, 5) is 10.3. The van der Waals surface area contributed by atoms with E-state index < -0.39 is 5.97 Å². The lowest BCUT2D eigenvalue weighted by Crippen LogP contribution is -1.92. The Labute approximate surface area is 117 Å². The van der Waals surface area contributed by atoms with Gasteiger partial charge in [0.15, 0.2) is 0 Å². The molecule has 0 rings (SSSR count). The molecule has 0 amide bonds.